The van der Waals surface area contributed by atoms with E-state index in [0.717, 1.165) is 30.5 Å². The van der Waals surface area contributed by atoms with Gasteiger partial charge in [-0.1, -0.05) is 23.7 Å². The second-order valence-corrected chi connectivity index (χ2v) is 6.47. The number of rotatable bonds is 5. The maximum Gasteiger partial charge on any atom is 0.122 e. The summed E-state index contributed by atoms with van der Waals surface area (Å²) in [4.78, 5) is 6.69. The Hall–Kier alpha value is -1.40. The lowest BCUT2D eigenvalue weighted by atomic mass is 10.00. The van der Waals surface area contributed by atoms with Crippen LogP contribution in [0.15, 0.2) is 36.7 Å². The molecule has 1 fully saturated rings. The number of hydrogen-bond acceptors (Lipinski definition) is 4. The highest BCUT2D eigenvalue weighted by atomic mass is 35.5. The summed E-state index contributed by atoms with van der Waals surface area (Å²) in [6, 6.07) is 8.09. The van der Waals surface area contributed by atoms with Crippen molar-refractivity contribution in [2.75, 3.05) is 26.7 Å². The maximum atomic E-state index is 6.03. The Morgan fingerprint density at radius 3 is 2.78 bits per heavy atom. The van der Waals surface area contributed by atoms with Gasteiger partial charge in [0.1, 0.15) is 5.82 Å². The van der Waals surface area contributed by atoms with E-state index in [1.807, 2.05) is 36.1 Å². The first kappa shape index (κ1) is 16.5. The number of halogens is 1. The molecule has 1 aromatic heterocycles. The molecule has 0 bridgehead atoms. The Morgan fingerprint density at radius 1 is 1.35 bits per heavy atom. The Bertz CT molecular complexity index is 628. The number of imidazole rings is 1. The highest BCUT2D eigenvalue weighted by Gasteiger charge is 2.28. The molecule has 3 rings (SSSR count). The minimum absolute atomic E-state index is 0.103. The van der Waals surface area contributed by atoms with Crippen molar-refractivity contribution in [2.24, 2.45) is 7.05 Å². The summed E-state index contributed by atoms with van der Waals surface area (Å²) >= 11 is 6.03. The molecule has 0 saturated carbocycles. The molecule has 1 aromatic carbocycles. The molecule has 5 nitrogen and oxygen atoms in total. The van der Waals surface area contributed by atoms with Gasteiger partial charge in [-0.15, -0.1) is 0 Å². The van der Waals surface area contributed by atoms with Gasteiger partial charge in [-0.25, -0.2) is 4.98 Å². The number of ether oxygens (including phenoxy) is 1. The van der Waals surface area contributed by atoms with E-state index < -0.39 is 0 Å². The van der Waals surface area contributed by atoms with E-state index in [4.69, 9.17) is 16.3 Å². The fraction of sp³-hybridized carbons (Fsp3) is 0.471. The monoisotopic (exact) mass is 334 g/mol. The fourth-order valence-electron chi connectivity index (χ4n) is 2.91. The van der Waals surface area contributed by atoms with Crippen molar-refractivity contribution in [3.63, 3.8) is 0 Å². The Balaban J connectivity index is 1.77. The van der Waals surface area contributed by atoms with Crippen LogP contribution in [0.1, 0.15) is 17.4 Å². The van der Waals surface area contributed by atoms with Crippen LogP contribution >= 0.6 is 11.6 Å². The van der Waals surface area contributed by atoms with Gasteiger partial charge in [0.25, 0.3) is 0 Å². The van der Waals surface area contributed by atoms with Crippen LogP contribution in [-0.2, 0) is 18.3 Å². The second kappa shape index (κ2) is 7.45. The van der Waals surface area contributed by atoms with Crippen LogP contribution in [0.4, 0.5) is 0 Å². The zero-order valence-electron chi connectivity index (χ0n) is 13.6. The smallest absolute Gasteiger partial charge is 0.122 e. The molecule has 23 heavy (non-hydrogen) atoms. The van der Waals surface area contributed by atoms with E-state index in [1.165, 1.54) is 5.56 Å². The molecule has 0 radical (unpaired) electrons. The molecule has 1 saturated heterocycles. The highest BCUT2D eigenvalue weighted by Crippen LogP contribution is 2.24. The number of nitrogens with zero attached hydrogens (tertiary/aromatic N) is 3. The summed E-state index contributed by atoms with van der Waals surface area (Å²) < 4.78 is 8.06. The van der Waals surface area contributed by atoms with Gasteiger partial charge in [0, 0.05) is 37.6 Å². The average molecular weight is 335 g/mol. The van der Waals surface area contributed by atoms with Crippen LogP contribution in [0, 0.1) is 0 Å². The molecule has 2 heterocycles. The summed E-state index contributed by atoms with van der Waals surface area (Å²) in [5.41, 5.74) is 1.18. The first-order valence-corrected chi connectivity index (χ1v) is 8.26. The van der Waals surface area contributed by atoms with E-state index in [-0.39, 0.29) is 12.1 Å². The lowest BCUT2D eigenvalue weighted by Crippen LogP contribution is -2.46. The predicted octanol–water partition coefficient (Wildman–Crippen LogP) is 2.23. The van der Waals surface area contributed by atoms with Crippen molar-refractivity contribution < 1.29 is 4.74 Å². The zero-order valence-corrected chi connectivity index (χ0v) is 14.3. The van der Waals surface area contributed by atoms with E-state index in [1.54, 1.807) is 0 Å². The molecule has 0 spiro atoms. The quantitative estimate of drug-likeness (QED) is 0.910. The number of benzene rings is 1. The molecular formula is C17H23ClN4O. The van der Waals surface area contributed by atoms with Gasteiger partial charge < -0.3 is 19.5 Å². The van der Waals surface area contributed by atoms with E-state index in [2.05, 4.69) is 34.4 Å². The van der Waals surface area contributed by atoms with Gasteiger partial charge in [0.05, 0.1) is 25.3 Å². The van der Waals surface area contributed by atoms with Crippen LogP contribution in [-0.4, -0.2) is 47.3 Å². The summed E-state index contributed by atoms with van der Waals surface area (Å²) in [7, 11) is 4.14. The first-order valence-electron chi connectivity index (χ1n) is 7.88. The highest BCUT2D eigenvalue weighted by molar-refractivity contribution is 6.30. The van der Waals surface area contributed by atoms with Crippen LogP contribution in [0.3, 0.4) is 0 Å². The van der Waals surface area contributed by atoms with Crippen molar-refractivity contribution >= 4 is 11.6 Å². The van der Waals surface area contributed by atoms with Crippen molar-refractivity contribution in [2.45, 2.75) is 18.7 Å². The van der Waals surface area contributed by atoms with Crippen molar-refractivity contribution in [3.8, 4) is 0 Å². The molecule has 0 aliphatic carbocycles. The minimum Gasteiger partial charge on any atom is -0.374 e. The number of nitrogens with one attached hydrogen (secondary N) is 1. The molecule has 0 unspecified atom stereocenters. The van der Waals surface area contributed by atoms with Crippen LogP contribution in [0.5, 0.6) is 0 Å². The van der Waals surface area contributed by atoms with E-state index in [0.29, 0.717) is 6.54 Å². The molecule has 2 aromatic rings. The third kappa shape index (κ3) is 4.12. The summed E-state index contributed by atoms with van der Waals surface area (Å²) in [5.74, 6) is 1.01. The SMILES string of the molecule is CN1CCO[C@@H]([C@@H](NCc2nccn2C)c2ccc(Cl)cc2)C1. The van der Waals surface area contributed by atoms with Crippen molar-refractivity contribution in [1.29, 1.82) is 0 Å². The molecule has 1 aliphatic rings. The molecule has 1 aliphatic heterocycles. The molecule has 2 atom stereocenters. The van der Waals surface area contributed by atoms with E-state index in [9.17, 15) is 0 Å². The number of aryl methyl sites for hydroxylation is 1. The van der Waals surface area contributed by atoms with Crippen LogP contribution < -0.4 is 5.32 Å². The van der Waals surface area contributed by atoms with Gasteiger partial charge in [0.15, 0.2) is 0 Å². The van der Waals surface area contributed by atoms with Crippen molar-refractivity contribution in [1.82, 2.24) is 19.8 Å². The van der Waals surface area contributed by atoms with Gasteiger partial charge in [-0.05, 0) is 24.7 Å². The van der Waals surface area contributed by atoms with Gasteiger partial charge in [-0.2, -0.15) is 0 Å². The topological polar surface area (TPSA) is 42.3 Å². The number of likely N-dealkylation sites (N-methyl/N-ethyl adjacent to an activating group) is 1. The lowest BCUT2D eigenvalue weighted by molar-refractivity contribution is -0.0397. The number of aromatic nitrogens is 2. The van der Waals surface area contributed by atoms with Gasteiger partial charge in [-0.3, -0.25) is 0 Å². The van der Waals surface area contributed by atoms with E-state index >= 15 is 0 Å². The van der Waals surface area contributed by atoms with Crippen molar-refractivity contribution in [3.05, 3.63) is 53.1 Å². The number of morpholine rings is 1. The van der Waals surface area contributed by atoms with Crippen LogP contribution in [0.2, 0.25) is 5.02 Å². The second-order valence-electron chi connectivity index (χ2n) is 6.04. The molecule has 1 N–H and O–H groups in total. The van der Waals surface area contributed by atoms with Gasteiger partial charge >= 0.3 is 0 Å². The molecule has 124 valence electrons. The van der Waals surface area contributed by atoms with Gasteiger partial charge in [0.2, 0.25) is 0 Å². The fourth-order valence-corrected chi connectivity index (χ4v) is 3.04. The molecule has 6 heteroatoms. The number of hydrogen-bond donors (Lipinski definition) is 1. The Kier molecular flexibility index (Phi) is 5.33. The average Bonchev–Trinajstić information content (AvgIpc) is 2.95. The summed E-state index contributed by atoms with van der Waals surface area (Å²) in [5, 5.41) is 4.36. The Labute approximate surface area is 142 Å². The summed E-state index contributed by atoms with van der Waals surface area (Å²) in [6.45, 7) is 3.33. The van der Waals surface area contributed by atoms with Crippen LogP contribution in [0.25, 0.3) is 0 Å². The normalized spacial score (nSPS) is 20.6. The Morgan fingerprint density at radius 2 is 2.13 bits per heavy atom. The summed E-state index contributed by atoms with van der Waals surface area (Å²) in [6.07, 6.45) is 3.88. The maximum absolute atomic E-state index is 6.03. The third-order valence-electron chi connectivity index (χ3n) is 4.30. The zero-order chi connectivity index (χ0) is 16.2. The lowest BCUT2D eigenvalue weighted by Gasteiger charge is -2.36. The largest absolute Gasteiger partial charge is 0.374 e. The molecule has 0 amide bonds. The standard InChI is InChI=1S/C17H23ClN4O/c1-21-9-10-23-15(12-21)17(13-3-5-14(18)6-4-13)20-11-16-19-7-8-22(16)2/h3-8,15,17,20H,9-12H2,1-2H3/t15-,17+/m1/s1. The third-order valence-corrected chi connectivity index (χ3v) is 4.55. The predicted molar refractivity (Wildman–Crippen MR) is 91.5 cm³/mol. The minimum atomic E-state index is 0.103. The first-order chi connectivity index (χ1) is 11.1. The molecular weight excluding hydrogens is 312 g/mol.